The van der Waals surface area contributed by atoms with Crippen LogP contribution in [0.25, 0.3) is 0 Å². The molecule has 3 N–H and O–H groups in total. The molecule has 1 saturated carbocycles. The predicted octanol–water partition coefficient (Wildman–Crippen LogP) is 5.27. The fourth-order valence-electron chi connectivity index (χ4n) is 7.47. The Labute approximate surface area is 321 Å². The molecule has 54 heavy (non-hydrogen) atoms. The Hall–Kier alpha value is -3.93. The molecule has 0 bridgehead atoms. The lowest BCUT2D eigenvalue weighted by atomic mass is 9.84. The third kappa shape index (κ3) is 14.4. The van der Waals surface area contributed by atoms with Crippen LogP contribution in [0.15, 0.2) is 30.3 Å². The molecule has 0 aromatic heterocycles. The molecule has 0 spiro atoms. The van der Waals surface area contributed by atoms with Gasteiger partial charge in [0.15, 0.2) is 11.6 Å². The summed E-state index contributed by atoms with van der Waals surface area (Å²) in [4.78, 5) is 94.0. The summed E-state index contributed by atoms with van der Waals surface area (Å²) in [5, 5.41) is 2.65. The number of hydrogen-bond donors (Lipinski definition) is 2. The van der Waals surface area contributed by atoms with Gasteiger partial charge in [0.05, 0.1) is 37.7 Å². The van der Waals surface area contributed by atoms with E-state index in [1.54, 1.807) is 0 Å². The molecule has 1 aromatic carbocycles. The molecule has 12 heteroatoms. The topological polar surface area (TPSA) is 179 Å². The van der Waals surface area contributed by atoms with Gasteiger partial charge in [-0.05, 0) is 36.2 Å². The number of rotatable bonds is 23. The van der Waals surface area contributed by atoms with Gasteiger partial charge in [0.1, 0.15) is 6.04 Å². The standard InChI is InChI=1S/C42H63N3O9/c1-6-13-31(40(50)36(46)18-19-38(48)44-34(41(43)51)20-29-14-9-7-10-15-29)21-37(47)35-22-32(53-26-30-16-11-8-12-17-30)24-45(35)42(52)33(28(4)5)23-39(49)54-25-27(2)3/h8,11-12,16-17,27-29,31-35H,6-7,9-10,13-15,18-26H2,1-5H3,(H2,43,51)(H,44,48)/t31?,32-,33?,34?,35+/m1/s1. The summed E-state index contributed by atoms with van der Waals surface area (Å²) in [6.45, 7) is 10.1. The summed E-state index contributed by atoms with van der Waals surface area (Å²) in [6.07, 6.45) is 5.24. The summed E-state index contributed by atoms with van der Waals surface area (Å²) < 4.78 is 11.6. The molecular formula is C42H63N3O9. The minimum Gasteiger partial charge on any atom is -0.465 e. The van der Waals surface area contributed by atoms with E-state index in [-0.39, 0.29) is 81.8 Å². The van der Waals surface area contributed by atoms with Crippen molar-refractivity contribution in [1.82, 2.24) is 10.2 Å². The number of Topliss-reactive ketones (excluding diaryl/α,β-unsaturated/α-hetero) is 3. The number of ether oxygens (including phenoxy) is 2. The zero-order valence-corrected chi connectivity index (χ0v) is 33.0. The third-order valence-corrected chi connectivity index (χ3v) is 10.6. The van der Waals surface area contributed by atoms with E-state index in [2.05, 4.69) is 5.32 Å². The Kier molecular flexibility index (Phi) is 18.5. The average Bonchev–Trinajstić information content (AvgIpc) is 3.58. The number of nitrogens with zero attached hydrogens (tertiary/aromatic N) is 1. The first-order chi connectivity index (χ1) is 25.7. The van der Waals surface area contributed by atoms with E-state index in [0.29, 0.717) is 18.8 Å². The second-order valence-electron chi connectivity index (χ2n) is 16.0. The van der Waals surface area contributed by atoms with Crippen molar-refractivity contribution in [2.75, 3.05) is 13.2 Å². The number of hydrogen-bond acceptors (Lipinski definition) is 9. The number of nitrogens with one attached hydrogen (secondary N) is 1. The highest BCUT2D eigenvalue weighted by Gasteiger charge is 2.44. The minimum absolute atomic E-state index is 0.129. The van der Waals surface area contributed by atoms with Crippen LogP contribution in [0.3, 0.4) is 0 Å². The molecule has 3 unspecified atom stereocenters. The van der Waals surface area contributed by atoms with E-state index in [9.17, 15) is 33.6 Å². The van der Waals surface area contributed by atoms with Gasteiger partial charge in [0.25, 0.3) is 0 Å². The fourth-order valence-corrected chi connectivity index (χ4v) is 7.47. The number of primary amides is 1. The van der Waals surface area contributed by atoms with Crippen LogP contribution in [0.1, 0.15) is 124 Å². The second kappa shape index (κ2) is 22.4. The molecule has 12 nitrogen and oxygen atoms in total. The van der Waals surface area contributed by atoms with Crippen LogP contribution in [-0.4, -0.2) is 77.3 Å². The SMILES string of the molecule is CCCC(CC(=O)[C@@H]1C[C@@H](OCc2ccccc2)CN1C(=O)C(CC(=O)OCC(C)C)C(C)C)C(=O)C(=O)CCC(=O)NC(CC1CCCCC1)C(N)=O. The molecule has 2 aliphatic rings. The number of amides is 3. The van der Waals surface area contributed by atoms with Crippen LogP contribution in [0.5, 0.6) is 0 Å². The second-order valence-corrected chi connectivity index (χ2v) is 16.0. The summed E-state index contributed by atoms with van der Waals surface area (Å²) >= 11 is 0. The Bertz CT molecular complexity index is 1420. The zero-order valence-electron chi connectivity index (χ0n) is 33.0. The van der Waals surface area contributed by atoms with E-state index >= 15 is 0 Å². The molecule has 2 fully saturated rings. The van der Waals surface area contributed by atoms with E-state index in [1.165, 1.54) is 4.90 Å². The normalized spacial score (nSPS) is 19.3. The number of nitrogens with two attached hydrogens (primary N) is 1. The van der Waals surface area contributed by atoms with Crippen molar-refractivity contribution in [3.8, 4) is 0 Å². The highest BCUT2D eigenvalue weighted by molar-refractivity contribution is 6.38. The number of esters is 1. The molecule has 1 aromatic rings. The fraction of sp³-hybridized carbons (Fsp3) is 0.690. The van der Waals surface area contributed by atoms with Gasteiger partial charge in [-0.3, -0.25) is 33.6 Å². The Morgan fingerprint density at radius 3 is 2.22 bits per heavy atom. The van der Waals surface area contributed by atoms with Gasteiger partial charge in [-0.25, -0.2) is 0 Å². The van der Waals surface area contributed by atoms with Crippen molar-refractivity contribution in [2.24, 2.45) is 35.3 Å². The van der Waals surface area contributed by atoms with Gasteiger partial charge in [-0.2, -0.15) is 0 Å². The van der Waals surface area contributed by atoms with E-state index in [4.69, 9.17) is 15.2 Å². The lowest BCUT2D eigenvalue weighted by Crippen LogP contribution is -2.46. The maximum Gasteiger partial charge on any atom is 0.306 e. The molecule has 0 radical (unpaired) electrons. The van der Waals surface area contributed by atoms with Crippen molar-refractivity contribution in [2.45, 2.75) is 143 Å². The first-order valence-electron chi connectivity index (χ1n) is 20.0. The maximum absolute atomic E-state index is 14.2. The van der Waals surface area contributed by atoms with Gasteiger partial charge in [0, 0.05) is 38.1 Å². The zero-order chi connectivity index (χ0) is 39.8. The molecule has 5 atom stereocenters. The van der Waals surface area contributed by atoms with Crippen LogP contribution < -0.4 is 11.1 Å². The summed E-state index contributed by atoms with van der Waals surface area (Å²) in [5.41, 5.74) is 6.51. The number of likely N-dealkylation sites (tertiary alicyclic amines) is 1. The first kappa shape index (κ1) is 44.5. The number of ketones is 3. The van der Waals surface area contributed by atoms with Crippen molar-refractivity contribution in [3.05, 3.63) is 35.9 Å². The molecule has 1 heterocycles. The largest absolute Gasteiger partial charge is 0.465 e. The van der Waals surface area contributed by atoms with Crippen molar-refractivity contribution in [1.29, 1.82) is 0 Å². The maximum atomic E-state index is 14.2. The predicted molar refractivity (Wildman–Crippen MR) is 203 cm³/mol. The molecule has 1 aliphatic heterocycles. The smallest absolute Gasteiger partial charge is 0.306 e. The summed E-state index contributed by atoms with van der Waals surface area (Å²) in [5.74, 6) is -5.29. The molecular weight excluding hydrogens is 690 g/mol. The number of carbonyl (C=O) groups is 7. The first-order valence-corrected chi connectivity index (χ1v) is 20.0. The van der Waals surface area contributed by atoms with Gasteiger partial charge in [-0.15, -0.1) is 0 Å². The Morgan fingerprint density at radius 2 is 1.61 bits per heavy atom. The lowest BCUT2D eigenvalue weighted by molar-refractivity contribution is -0.152. The molecule has 1 aliphatic carbocycles. The quantitative estimate of drug-likeness (QED) is 0.111. The van der Waals surface area contributed by atoms with Gasteiger partial charge in [0.2, 0.25) is 23.5 Å². The molecule has 1 saturated heterocycles. The van der Waals surface area contributed by atoms with Crippen LogP contribution >= 0.6 is 0 Å². The van der Waals surface area contributed by atoms with Crippen LogP contribution in [0.4, 0.5) is 0 Å². The summed E-state index contributed by atoms with van der Waals surface area (Å²) in [6, 6.07) is 7.80. The van der Waals surface area contributed by atoms with E-state index < -0.39 is 59.4 Å². The average molecular weight is 754 g/mol. The minimum atomic E-state index is -0.920. The highest BCUT2D eigenvalue weighted by atomic mass is 16.5. The van der Waals surface area contributed by atoms with Gasteiger partial charge < -0.3 is 25.4 Å². The number of benzene rings is 1. The Morgan fingerprint density at radius 1 is 0.926 bits per heavy atom. The van der Waals surface area contributed by atoms with Crippen LogP contribution in [-0.2, 0) is 49.6 Å². The molecule has 3 amide bonds. The monoisotopic (exact) mass is 753 g/mol. The van der Waals surface area contributed by atoms with Crippen molar-refractivity contribution >= 4 is 41.0 Å². The molecule has 300 valence electrons. The van der Waals surface area contributed by atoms with Crippen LogP contribution in [0, 0.1) is 29.6 Å². The Balaban J connectivity index is 1.69. The lowest BCUT2D eigenvalue weighted by Gasteiger charge is -2.30. The van der Waals surface area contributed by atoms with Crippen LogP contribution in [0.2, 0.25) is 0 Å². The third-order valence-electron chi connectivity index (χ3n) is 10.6. The highest BCUT2D eigenvalue weighted by Crippen LogP contribution is 2.31. The molecule has 3 rings (SSSR count). The number of carbonyl (C=O) groups excluding carboxylic acids is 7. The van der Waals surface area contributed by atoms with Crippen molar-refractivity contribution in [3.63, 3.8) is 0 Å². The van der Waals surface area contributed by atoms with E-state index in [0.717, 1.165) is 37.7 Å². The van der Waals surface area contributed by atoms with Gasteiger partial charge >= 0.3 is 5.97 Å². The van der Waals surface area contributed by atoms with E-state index in [1.807, 2.05) is 65.0 Å². The van der Waals surface area contributed by atoms with Crippen molar-refractivity contribution < 1.29 is 43.0 Å². The summed E-state index contributed by atoms with van der Waals surface area (Å²) in [7, 11) is 0. The van der Waals surface area contributed by atoms with Gasteiger partial charge in [-0.1, -0.05) is 103 Å².